The van der Waals surface area contributed by atoms with E-state index in [4.69, 9.17) is 9.84 Å². The molecule has 2 rings (SSSR count). The highest BCUT2D eigenvalue weighted by Crippen LogP contribution is 2.27. The summed E-state index contributed by atoms with van der Waals surface area (Å²) >= 11 is 0. The molecule has 0 fully saturated rings. The molecule has 1 amide bonds. The zero-order chi connectivity index (χ0) is 15.4. The molecule has 1 aliphatic heterocycles. The van der Waals surface area contributed by atoms with Crippen molar-refractivity contribution in [3.05, 3.63) is 29.8 Å². The average Bonchev–Trinajstić information content (AvgIpc) is 2.51. The number of carboxylic acid groups (broad SMARTS) is 1. The Kier molecular flexibility index (Phi) is 4.83. The van der Waals surface area contributed by atoms with Gasteiger partial charge in [-0.2, -0.15) is 0 Å². The van der Waals surface area contributed by atoms with Crippen LogP contribution in [-0.2, 0) is 16.0 Å². The number of benzene rings is 1. The molecule has 2 unspecified atom stereocenters. The van der Waals surface area contributed by atoms with E-state index in [1.54, 1.807) is 11.8 Å². The van der Waals surface area contributed by atoms with Gasteiger partial charge in [-0.05, 0) is 25.0 Å². The zero-order valence-corrected chi connectivity index (χ0v) is 12.4. The quantitative estimate of drug-likeness (QED) is 0.898. The summed E-state index contributed by atoms with van der Waals surface area (Å²) in [4.78, 5) is 25.1. The van der Waals surface area contributed by atoms with Crippen LogP contribution in [0.4, 0.5) is 0 Å². The van der Waals surface area contributed by atoms with Gasteiger partial charge in [-0.1, -0.05) is 25.1 Å². The Morgan fingerprint density at radius 2 is 2.14 bits per heavy atom. The van der Waals surface area contributed by atoms with E-state index in [1.807, 2.05) is 31.2 Å². The Hall–Kier alpha value is -2.04. The van der Waals surface area contributed by atoms with Gasteiger partial charge in [0, 0.05) is 13.1 Å². The van der Waals surface area contributed by atoms with E-state index in [0.717, 1.165) is 11.3 Å². The summed E-state index contributed by atoms with van der Waals surface area (Å²) in [5.41, 5.74) is 1.03. The van der Waals surface area contributed by atoms with Crippen LogP contribution >= 0.6 is 0 Å². The van der Waals surface area contributed by atoms with E-state index in [9.17, 15) is 9.59 Å². The lowest BCUT2D eigenvalue weighted by molar-refractivity contribution is -0.144. The molecule has 0 bridgehead atoms. The van der Waals surface area contributed by atoms with Gasteiger partial charge in [0.1, 0.15) is 12.4 Å². The molecule has 0 saturated heterocycles. The van der Waals surface area contributed by atoms with Crippen LogP contribution in [-0.4, -0.2) is 41.6 Å². The molecule has 2 atom stereocenters. The first-order chi connectivity index (χ1) is 10.0. The van der Waals surface area contributed by atoms with Crippen molar-refractivity contribution in [1.29, 1.82) is 0 Å². The number of carboxylic acids is 1. The molecule has 1 aromatic carbocycles. The number of carbonyl (C=O) groups is 2. The number of nitrogens with zero attached hydrogens (tertiary/aromatic N) is 1. The summed E-state index contributed by atoms with van der Waals surface area (Å²) in [6, 6.07) is 7.71. The number of carbonyl (C=O) groups excluding carboxylic acids is 1. The Morgan fingerprint density at radius 1 is 1.43 bits per heavy atom. The zero-order valence-electron chi connectivity index (χ0n) is 12.4. The number of ether oxygens (including phenoxy) is 1. The van der Waals surface area contributed by atoms with E-state index in [-0.39, 0.29) is 18.4 Å². The Balaban J connectivity index is 2.04. The first-order valence-electron chi connectivity index (χ1n) is 7.25. The van der Waals surface area contributed by atoms with Crippen molar-refractivity contribution >= 4 is 11.9 Å². The predicted octanol–water partition coefficient (Wildman–Crippen LogP) is 1.81. The summed E-state index contributed by atoms with van der Waals surface area (Å²) in [5, 5.41) is 8.99. The van der Waals surface area contributed by atoms with E-state index >= 15 is 0 Å². The lowest BCUT2D eigenvalue weighted by Gasteiger charge is -2.30. The first-order valence-corrected chi connectivity index (χ1v) is 7.25. The van der Waals surface area contributed by atoms with E-state index in [1.165, 1.54) is 0 Å². The van der Waals surface area contributed by atoms with Gasteiger partial charge in [0.2, 0.25) is 5.91 Å². The minimum atomic E-state index is -0.883. The molecule has 21 heavy (non-hydrogen) atoms. The number of hydrogen-bond donors (Lipinski definition) is 1. The topological polar surface area (TPSA) is 66.8 Å². The van der Waals surface area contributed by atoms with Gasteiger partial charge in [0.05, 0.1) is 11.8 Å². The second kappa shape index (κ2) is 6.61. The lowest BCUT2D eigenvalue weighted by atomic mass is 9.95. The van der Waals surface area contributed by atoms with Crippen molar-refractivity contribution in [1.82, 2.24) is 4.90 Å². The van der Waals surface area contributed by atoms with Gasteiger partial charge >= 0.3 is 5.97 Å². The minimum Gasteiger partial charge on any atom is -0.492 e. The second-order valence-electron chi connectivity index (χ2n) is 5.44. The largest absolute Gasteiger partial charge is 0.492 e. The van der Waals surface area contributed by atoms with Crippen LogP contribution in [0.15, 0.2) is 24.3 Å². The maximum atomic E-state index is 12.6. The third-order valence-electron chi connectivity index (χ3n) is 3.84. The molecule has 5 nitrogen and oxygen atoms in total. The highest BCUT2D eigenvalue weighted by Gasteiger charge is 2.30. The molecule has 0 saturated carbocycles. The number of amides is 1. The van der Waals surface area contributed by atoms with Crippen LogP contribution in [0.3, 0.4) is 0 Å². The monoisotopic (exact) mass is 291 g/mol. The van der Waals surface area contributed by atoms with Gasteiger partial charge < -0.3 is 14.7 Å². The third-order valence-corrected chi connectivity index (χ3v) is 3.84. The van der Waals surface area contributed by atoms with Crippen LogP contribution in [0, 0.1) is 11.8 Å². The molecular weight excluding hydrogens is 270 g/mol. The molecule has 1 aromatic rings. The highest BCUT2D eigenvalue weighted by molar-refractivity contribution is 5.80. The molecule has 114 valence electrons. The molecular formula is C16H21NO4. The predicted molar refractivity (Wildman–Crippen MR) is 78.2 cm³/mol. The Bertz CT molecular complexity index is 529. The molecule has 0 aromatic heterocycles. The summed E-state index contributed by atoms with van der Waals surface area (Å²) in [6.45, 7) is 4.58. The van der Waals surface area contributed by atoms with Crippen molar-refractivity contribution in [2.75, 3.05) is 19.7 Å². The fourth-order valence-electron chi connectivity index (χ4n) is 2.53. The highest BCUT2D eigenvalue weighted by atomic mass is 16.5. The van der Waals surface area contributed by atoms with Crippen LogP contribution in [0.25, 0.3) is 0 Å². The number of rotatable bonds is 5. The van der Waals surface area contributed by atoms with Crippen LogP contribution < -0.4 is 4.74 Å². The molecule has 5 heteroatoms. The maximum Gasteiger partial charge on any atom is 0.308 e. The van der Waals surface area contributed by atoms with Gasteiger partial charge in [-0.3, -0.25) is 9.59 Å². The van der Waals surface area contributed by atoms with Gasteiger partial charge in [0.25, 0.3) is 0 Å². The molecule has 0 spiro atoms. The van der Waals surface area contributed by atoms with Gasteiger partial charge in [-0.15, -0.1) is 0 Å². The van der Waals surface area contributed by atoms with Crippen LogP contribution in [0.1, 0.15) is 19.4 Å². The van der Waals surface area contributed by atoms with Crippen molar-refractivity contribution in [2.45, 2.75) is 20.3 Å². The summed E-state index contributed by atoms with van der Waals surface area (Å²) in [7, 11) is 0. The summed E-state index contributed by atoms with van der Waals surface area (Å²) in [6.07, 6.45) is 0.646. The molecule has 1 N–H and O–H groups in total. The number of fused-ring (bicyclic) bond motifs is 1. The van der Waals surface area contributed by atoms with Crippen LogP contribution in [0.2, 0.25) is 0 Å². The SMILES string of the molecule is CCN(CC(C)C(=O)O)C(=O)C1COc2ccccc2C1. The van der Waals surface area contributed by atoms with E-state index in [0.29, 0.717) is 19.6 Å². The standard InChI is InChI=1S/C16H21NO4/c1-3-17(9-11(2)16(19)20)15(18)13-8-12-6-4-5-7-14(12)21-10-13/h4-7,11,13H,3,8-10H2,1-2H3,(H,19,20). The van der Waals surface area contributed by atoms with E-state index < -0.39 is 11.9 Å². The average molecular weight is 291 g/mol. The van der Waals surface area contributed by atoms with Crippen molar-refractivity contribution in [2.24, 2.45) is 11.8 Å². The third kappa shape index (κ3) is 3.54. The smallest absolute Gasteiger partial charge is 0.308 e. The van der Waals surface area contributed by atoms with Crippen molar-refractivity contribution in [3.63, 3.8) is 0 Å². The van der Waals surface area contributed by atoms with Gasteiger partial charge in [-0.25, -0.2) is 0 Å². The molecule has 0 aliphatic carbocycles. The number of aliphatic carboxylic acids is 1. The second-order valence-corrected chi connectivity index (χ2v) is 5.44. The fourth-order valence-corrected chi connectivity index (χ4v) is 2.53. The molecule has 1 aliphatic rings. The molecule has 1 heterocycles. The number of hydrogen-bond acceptors (Lipinski definition) is 3. The van der Waals surface area contributed by atoms with E-state index in [2.05, 4.69) is 0 Å². The van der Waals surface area contributed by atoms with Crippen LogP contribution in [0.5, 0.6) is 5.75 Å². The summed E-state index contributed by atoms with van der Waals surface area (Å²) in [5.74, 6) is -0.873. The van der Waals surface area contributed by atoms with Crippen molar-refractivity contribution < 1.29 is 19.4 Å². The molecule has 0 radical (unpaired) electrons. The Morgan fingerprint density at radius 3 is 2.81 bits per heavy atom. The normalized spacial score (nSPS) is 18.3. The van der Waals surface area contributed by atoms with Crippen molar-refractivity contribution in [3.8, 4) is 5.75 Å². The minimum absolute atomic E-state index is 0.0277. The lowest BCUT2D eigenvalue weighted by Crippen LogP contribution is -2.43. The fraction of sp³-hybridized carbons (Fsp3) is 0.500. The first kappa shape index (κ1) is 15.4. The maximum absolute atomic E-state index is 12.6. The number of para-hydroxylation sites is 1. The Labute approximate surface area is 124 Å². The van der Waals surface area contributed by atoms with Gasteiger partial charge in [0.15, 0.2) is 0 Å². The summed E-state index contributed by atoms with van der Waals surface area (Å²) < 4.78 is 5.64.